The van der Waals surface area contributed by atoms with Crippen LogP contribution in [0.15, 0.2) is 24.5 Å². The van der Waals surface area contributed by atoms with Crippen molar-refractivity contribution in [1.29, 1.82) is 0 Å². The molecule has 88 valence electrons. The zero-order valence-corrected chi connectivity index (χ0v) is 9.54. The lowest BCUT2D eigenvalue weighted by molar-refractivity contribution is 0.101. The Kier molecular flexibility index (Phi) is 2.78. The predicted molar refractivity (Wildman–Crippen MR) is 61.9 cm³/mol. The highest BCUT2D eigenvalue weighted by molar-refractivity contribution is 5.99. The number of aryl methyl sites for hydroxylation is 1. The van der Waals surface area contributed by atoms with Crippen molar-refractivity contribution >= 4 is 11.5 Å². The maximum atomic E-state index is 11.3. The van der Waals surface area contributed by atoms with Crippen LogP contribution in [0.25, 0.3) is 0 Å². The molecular weight excluding hydrogens is 220 g/mol. The fourth-order valence-electron chi connectivity index (χ4n) is 1.38. The maximum absolute atomic E-state index is 11.3. The van der Waals surface area contributed by atoms with Crippen LogP contribution in [-0.2, 0) is 7.05 Å². The lowest BCUT2D eigenvalue weighted by atomic mass is 10.1. The summed E-state index contributed by atoms with van der Waals surface area (Å²) in [5, 5.41) is 3.97. The molecular formula is C11H12N4O2. The van der Waals surface area contributed by atoms with E-state index in [-0.39, 0.29) is 11.8 Å². The topological polar surface area (TPSA) is 83.0 Å². The van der Waals surface area contributed by atoms with Crippen molar-refractivity contribution in [2.75, 3.05) is 5.73 Å². The van der Waals surface area contributed by atoms with Crippen LogP contribution in [0.1, 0.15) is 17.3 Å². The molecule has 0 aliphatic rings. The highest BCUT2D eigenvalue weighted by Crippen LogP contribution is 2.23. The summed E-state index contributed by atoms with van der Waals surface area (Å²) in [5.74, 6) is 0.373. The van der Waals surface area contributed by atoms with Gasteiger partial charge in [-0.05, 0) is 25.1 Å². The van der Waals surface area contributed by atoms with Crippen molar-refractivity contribution < 1.29 is 9.53 Å². The number of benzene rings is 1. The molecule has 1 aromatic heterocycles. The van der Waals surface area contributed by atoms with E-state index >= 15 is 0 Å². The molecule has 2 N–H and O–H groups in total. The third-order valence-corrected chi connectivity index (χ3v) is 2.19. The zero-order chi connectivity index (χ0) is 12.4. The van der Waals surface area contributed by atoms with Crippen LogP contribution >= 0.6 is 0 Å². The summed E-state index contributed by atoms with van der Waals surface area (Å²) in [6, 6.07) is 5.09. The molecule has 0 aliphatic heterocycles. The van der Waals surface area contributed by atoms with Gasteiger partial charge in [0.2, 0.25) is 0 Å². The lowest BCUT2D eigenvalue weighted by Crippen LogP contribution is -2.00. The van der Waals surface area contributed by atoms with Gasteiger partial charge in [0.25, 0.3) is 0 Å². The first-order valence-electron chi connectivity index (χ1n) is 5.00. The number of nitrogens with two attached hydrogens (primary N) is 1. The standard InChI is InChI=1S/C11H12N4O2/c1-7(16)9-5-8(3-4-10(9)12)17-11-13-6-15(2)14-11/h3-6H,12H2,1-2H3. The smallest absolute Gasteiger partial charge is 0.340 e. The minimum Gasteiger partial charge on any atom is -0.423 e. The second-order valence-corrected chi connectivity index (χ2v) is 3.61. The van der Waals surface area contributed by atoms with Gasteiger partial charge in [0.15, 0.2) is 5.78 Å². The number of rotatable bonds is 3. The van der Waals surface area contributed by atoms with E-state index in [4.69, 9.17) is 10.5 Å². The number of nitrogen functional groups attached to an aromatic ring is 1. The number of carbonyl (C=O) groups is 1. The number of Topliss-reactive ketones (excluding diaryl/α,β-unsaturated/α-hetero) is 1. The van der Waals surface area contributed by atoms with Gasteiger partial charge in [-0.2, -0.15) is 4.98 Å². The van der Waals surface area contributed by atoms with Gasteiger partial charge in [-0.15, -0.1) is 5.10 Å². The van der Waals surface area contributed by atoms with Crippen LogP contribution in [0.3, 0.4) is 0 Å². The van der Waals surface area contributed by atoms with Crippen molar-refractivity contribution in [3.05, 3.63) is 30.1 Å². The monoisotopic (exact) mass is 232 g/mol. The van der Waals surface area contributed by atoms with Gasteiger partial charge in [0.05, 0.1) is 0 Å². The average Bonchev–Trinajstić information content (AvgIpc) is 2.66. The molecule has 0 bridgehead atoms. The molecule has 0 radical (unpaired) electrons. The highest BCUT2D eigenvalue weighted by atomic mass is 16.5. The summed E-state index contributed by atoms with van der Waals surface area (Å²) in [6.45, 7) is 1.45. The Labute approximate surface area is 98.0 Å². The first kappa shape index (κ1) is 11.1. The number of ketones is 1. The van der Waals surface area contributed by atoms with Crippen molar-refractivity contribution in [1.82, 2.24) is 14.8 Å². The van der Waals surface area contributed by atoms with Crippen LogP contribution in [0.5, 0.6) is 11.8 Å². The number of aromatic nitrogens is 3. The van der Waals surface area contributed by atoms with Gasteiger partial charge in [0, 0.05) is 18.3 Å². The molecule has 0 spiro atoms. The van der Waals surface area contributed by atoms with E-state index in [1.807, 2.05) is 0 Å². The number of hydrogen-bond acceptors (Lipinski definition) is 5. The van der Waals surface area contributed by atoms with Gasteiger partial charge in [0.1, 0.15) is 12.1 Å². The normalized spacial score (nSPS) is 10.2. The molecule has 0 atom stereocenters. The van der Waals surface area contributed by atoms with Crippen molar-refractivity contribution in [3.63, 3.8) is 0 Å². The molecule has 0 amide bonds. The highest BCUT2D eigenvalue weighted by Gasteiger charge is 2.08. The number of nitrogens with zero attached hydrogens (tertiary/aromatic N) is 3. The Balaban J connectivity index is 2.28. The molecule has 2 aromatic rings. The largest absolute Gasteiger partial charge is 0.423 e. The molecule has 1 aromatic carbocycles. The van der Waals surface area contributed by atoms with Crippen LogP contribution in [0, 0.1) is 0 Å². The number of hydrogen-bond donors (Lipinski definition) is 1. The van der Waals surface area contributed by atoms with Crippen LogP contribution in [0.4, 0.5) is 5.69 Å². The van der Waals surface area contributed by atoms with E-state index in [9.17, 15) is 4.79 Å². The van der Waals surface area contributed by atoms with Gasteiger partial charge in [-0.1, -0.05) is 0 Å². The Morgan fingerprint density at radius 1 is 1.47 bits per heavy atom. The van der Waals surface area contributed by atoms with Crippen molar-refractivity contribution in [2.45, 2.75) is 6.92 Å². The molecule has 0 fully saturated rings. The van der Waals surface area contributed by atoms with E-state index in [1.165, 1.54) is 17.9 Å². The third kappa shape index (κ3) is 2.41. The molecule has 6 heteroatoms. The van der Waals surface area contributed by atoms with Gasteiger partial charge in [-0.25, -0.2) is 0 Å². The molecule has 0 aliphatic carbocycles. The first-order chi connectivity index (χ1) is 8.06. The molecule has 0 unspecified atom stereocenters. The minimum atomic E-state index is -0.109. The summed E-state index contributed by atoms with van der Waals surface area (Å²) in [6.07, 6.45) is 1.53. The summed E-state index contributed by atoms with van der Waals surface area (Å²) in [4.78, 5) is 15.2. The summed E-state index contributed by atoms with van der Waals surface area (Å²) in [5.41, 5.74) is 6.53. The quantitative estimate of drug-likeness (QED) is 0.638. The van der Waals surface area contributed by atoms with Gasteiger partial charge >= 0.3 is 6.01 Å². The van der Waals surface area contributed by atoms with Crippen LogP contribution < -0.4 is 10.5 Å². The van der Waals surface area contributed by atoms with E-state index in [0.717, 1.165) is 0 Å². The van der Waals surface area contributed by atoms with Gasteiger partial charge in [-0.3, -0.25) is 9.48 Å². The van der Waals surface area contributed by atoms with Crippen molar-refractivity contribution in [3.8, 4) is 11.8 Å². The fraction of sp³-hybridized carbons (Fsp3) is 0.182. The number of ether oxygens (including phenoxy) is 1. The number of carbonyl (C=O) groups excluding carboxylic acids is 1. The Morgan fingerprint density at radius 2 is 2.24 bits per heavy atom. The molecule has 0 saturated heterocycles. The first-order valence-corrected chi connectivity index (χ1v) is 5.00. The van der Waals surface area contributed by atoms with Gasteiger partial charge < -0.3 is 10.5 Å². The van der Waals surface area contributed by atoms with Crippen LogP contribution in [-0.4, -0.2) is 20.5 Å². The minimum absolute atomic E-state index is 0.109. The average molecular weight is 232 g/mol. The second kappa shape index (κ2) is 4.25. The Hall–Kier alpha value is -2.37. The predicted octanol–water partition coefficient (Wildman–Crippen LogP) is 1.39. The lowest BCUT2D eigenvalue weighted by Gasteiger charge is -2.05. The van der Waals surface area contributed by atoms with Crippen molar-refractivity contribution in [2.24, 2.45) is 7.05 Å². The summed E-state index contributed by atoms with van der Waals surface area (Å²) in [7, 11) is 1.74. The van der Waals surface area contributed by atoms with E-state index < -0.39 is 0 Å². The van der Waals surface area contributed by atoms with E-state index in [1.54, 1.807) is 25.2 Å². The summed E-state index contributed by atoms with van der Waals surface area (Å²) < 4.78 is 6.92. The Morgan fingerprint density at radius 3 is 2.82 bits per heavy atom. The SMILES string of the molecule is CC(=O)c1cc(Oc2ncn(C)n2)ccc1N. The molecule has 0 saturated carbocycles. The zero-order valence-electron chi connectivity index (χ0n) is 9.54. The maximum Gasteiger partial charge on any atom is 0.340 e. The molecule has 6 nitrogen and oxygen atoms in total. The molecule has 1 heterocycles. The number of anilines is 1. The van der Waals surface area contributed by atoms with Crippen LogP contribution in [0.2, 0.25) is 0 Å². The van der Waals surface area contributed by atoms with E-state index in [2.05, 4.69) is 10.1 Å². The second-order valence-electron chi connectivity index (χ2n) is 3.61. The third-order valence-electron chi connectivity index (χ3n) is 2.19. The van der Waals surface area contributed by atoms with E-state index in [0.29, 0.717) is 17.0 Å². The Bertz CT molecular complexity index is 562. The summed E-state index contributed by atoms with van der Waals surface area (Å²) >= 11 is 0. The molecule has 17 heavy (non-hydrogen) atoms. The fourth-order valence-corrected chi connectivity index (χ4v) is 1.38. The molecule has 2 rings (SSSR count).